The molecule has 0 radical (unpaired) electrons. The van der Waals surface area contributed by atoms with Gasteiger partial charge in [-0.3, -0.25) is 0 Å². The largest absolute Gasteiger partial charge is 0.463 e. The molecule has 0 saturated carbocycles. The van der Waals surface area contributed by atoms with Gasteiger partial charge < -0.3 is 9.72 Å². The third-order valence-electron chi connectivity index (χ3n) is 4.82. The highest BCUT2D eigenvalue weighted by atomic mass is 35.5. The highest BCUT2D eigenvalue weighted by molar-refractivity contribution is 6.30. The predicted octanol–water partition coefficient (Wildman–Crippen LogP) is 4.29. The van der Waals surface area contributed by atoms with Gasteiger partial charge in [-0.25, -0.2) is 9.36 Å². The van der Waals surface area contributed by atoms with E-state index in [1.54, 1.807) is 0 Å². The number of hydrogen-bond donors (Lipinski definition) is 1. The van der Waals surface area contributed by atoms with Crippen molar-refractivity contribution >= 4 is 44.9 Å². The molecule has 2 aromatic carbocycles. The quantitative estimate of drug-likeness (QED) is 0.369. The predicted molar refractivity (Wildman–Crippen MR) is 105 cm³/mol. The van der Waals surface area contributed by atoms with Crippen molar-refractivity contribution in [2.45, 2.75) is 0 Å². The first-order valence-corrected chi connectivity index (χ1v) is 8.84. The lowest BCUT2D eigenvalue weighted by Crippen LogP contribution is -2.29. The number of fused-ring (bicyclic) bond motifs is 5. The summed E-state index contributed by atoms with van der Waals surface area (Å²) < 4.78 is 8.82. The first kappa shape index (κ1) is 15.9. The number of hydrogen-bond acceptors (Lipinski definition) is 2. The first-order chi connectivity index (χ1) is 13.2. The van der Waals surface area contributed by atoms with Gasteiger partial charge in [0, 0.05) is 27.4 Å². The zero-order valence-electron chi connectivity index (χ0n) is 14.4. The number of aromatic amines is 1. The van der Waals surface area contributed by atoms with Crippen LogP contribution in [0.1, 0.15) is 10.5 Å². The maximum Gasteiger partial charge on any atom is 0.378 e. The minimum atomic E-state index is -0.383. The Balaban J connectivity index is 1.89. The van der Waals surface area contributed by atoms with E-state index in [-0.39, 0.29) is 5.97 Å². The van der Waals surface area contributed by atoms with Crippen LogP contribution < -0.4 is 4.40 Å². The number of halogens is 1. The number of benzene rings is 2. The highest BCUT2D eigenvalue weighted by Gasteiger charge is 2.23. The van der Waals surface area contributed by atoms with Gasteiger partial charge in [-0.15, -0.1) is 0 Å². The molecule has 0 amide bonds. The Morgan fingerprint density at radius 3 is 2.67 bits per heavy atom. The van der Waals surface area contributed by atoms with E-state index in [1.807, 2.05) is 76.1 Å². The number of carbonyl (C=O) groups excluding carboxylic acids is 1. The molecule has 0 saturated heterocycles. The van der Waals surface area contributed by atoms with Crippen LogP contribution in [0.2, 0.25) is 5.02 Å². The molecule has 0 unspecified atom stereocenters. The Labute approximate surface area is 159 Å². The number of aromatic nitrogens is 3. The van der Waals surface area contributed by atoms with Crippen LogP contribution in [0.15, 0.2) is 67.1 Å². The van der Waals surface area contributed by atoms with E-state index in [0.717, 1.165) is 33.0 Å². The van der Waals surface area contributed by atoms with Crippen molar-refractivity contribution in [2.24, 2.45) is 0 Å². The van der Waals surface area contributed by atoms with Crippen molar-refractivity contribution in [3.8, 4) is 5.69 Å². The van der Waals surface area contributed by atoms with Gasteiger partial charge in [0.2, 0.25) is 5.69 Å². The second-order valence-electron chi connectivity index (χ2n) is 6.36. The Hall–Kier alpha value is -3.31. The molecule has 3 aromatic heterocycles. The van der Waals surface area contributed by atoms with Gasteiger partial charge in [-0.05, 0) is 30.3 Å². The number of pyridine rings is 1. The summed E-state index contributed by atoms with van der Waals surface area (Å²) in [5, 5.41) is 2.73. The summed E-state index contributed by atoms with van der Waals surface area (Å²) in [5.41, 5.74) is 4.30. The van der Waals surface area contributed by atoms with Gasteiger partial charge in [-0.2, -0.15) is 4.40 Å². The van der Waals surface area contributed by atoms with Gasteiger partial charge in [-0.1, -0.05) is 29.8 Å². The molecule has 0 aliphatic carbocycles. The zero-order chi connectivity index (χ0) is 18.5. The number of nitrogens with zero attached hydrogens (tertiary/aromatic N) is 2. The average molecular weight is 377 g/mol. The molecule has 0 aliphatic rings. The fourth-order valence-corrected chi connectivity index (χ4v) is 3.65. The molecule has 5 nitrogen and oxygen atoms in total. The SMILES string of the molecule is COC(=O)c1cc2c3ccccc3[nH]c2c2cn(-c3ccc(Cl)cc3)c[n+]12. The molecule has 0 bridgehead atoms. The topological polar surface area (TPSA) is 51.1 Å². The van der Waals surface area contributed by atoms with Crippen molar-refractivity contribution in [1.82, 2.24) is 9.55 Å². The van der Waals surface area contributed by atoms with Gasteiger partial charge >= 0.3 is 5.97 Å². The molecule has 0 fully saturated rings. The molecular formula is C21H15ClN3O2+. The number of imidazole rings is 1. The van der Waals surface area contributed by atoms with E-state index < -0.39 is 0 Å². The normalized spacial score (nSPS) is 11.5. The van der Waals surface area contributed by atoms with Crippen LogP contribution in [0.4, 0.5) is 0 Å². The van der Waals surface area contributed by atoms with Gasteiger partial charge in [0.25, 0.3) is 6.33 Å². The Kier molecular flexibility index (Phi) is 3.45. The van der Waals surface area contributed by atoms with Crippen LogP contribution in [-0.2, 0) is 4.74 Å². The number of esters is 1. The molecule has 5 rings (SSSR count). The maximum absolute atomic E-state index is 12.4. The van der Waals surface area contributed by atoms with Crippen molar-refractivity contribution in [2.75, 3.05) is 7.11 Å². The van der Waals surface area contributed by atoms with Crippen LogP contribution in [0, 0.1) is 0 Å². The van der Waals surface area contributed by atoms with Gasteiger partial charge in [0.15, 0.2) is 5.52 Å². The number of nitrogens with one attached hydrogen (secondary N) is 1. The Morgan fingerprint density at radius 2 is 1.89 bits per heavy atom. The number of methoxy groups -OCH3 is 1. The molecule has 1 N–H and O–H groups in total. The van der Waals surface area contributed by atoms with E-state index in [1.165, 1.54) is 7.11 Å². The van der Waals surface area contributed by atoms with Crippen LogP contribution in [0.5, 0.6) is 0 Å². The smallest absolute Gasteiger partial charge is 0.378 e. The zero-order valence-corrected chi connectivity index (χ0v) is 15.2. The summed E-state index contributed by atoms with van der Waals surface area (Å²) in [6, 6.07) is 17.5. The van der Waals surface area contributed by atoms with E-state index in [2.05, 4.69) is 4.98 Å². The third-order valence-corrected chi connectivity index (χ3v) is 5.08. The van der Waals surface area contributed by atoms with E-state index in [4.69, 9.17) is 16.3 Å². The summed E-state index contributed by atoms with van der Waals surface area (Å²) in [4.78, 5) is 15.9. The van der Waals surface area contributed by atoms with Crippen LogP contribution in [-0.4, -0.2) is 22.6 Å². The van der Waals surface area contributed by atoms with Crippen molar-refractivity contribution < 1.29 is 13.9 Å². The Bertz CT molecular complexity index is 1330. The van der Waals surface area contributed by atoms with Gasteiger partial charge in [0.1, 0.15) is 11.9 Å². The molecule has 0 spiro atoms. The molecule has 27 heavy (non-hydrogen) atoms. The lowest BCUT2D eigenvalue weighted by atomic mass is 10.1. The van der Waals surface area contributed by atoms with Crippen LogP contribution in [0.3, 0.4) is 0 Å². The Morgan fingerprint density at radius 1 is 1.11 bits per heavy atom. The van der Waals surface area contributed by atoms with Crippen LogP contribution >= 0.6 is 11.6 Å². The van der Waals surface area contributed by atoms with Crippen LogP contribution in [0.25, 0.3) is 33.0 Å². The van der Waals surface area contributed by atoms with E-state index in [0.29, 0.717) is 10.7 Å². The minimum absolute atomic E-state index is 0.383. The highest BCUT2D eigenvalue weighted by Crippen LogP contribution is 2.28. The second kappa shape index (κ2) is 5.86. The van der Waals surface area contributed by atoms with Crippen molar-refractivity contribution in [3.05, 3.63) is 77.8 Å². The molecule has 0 atom stereocenters. The molecule has 0 aliphatic heterocycles. The average Bonchev–Trinajstić information content (AvgIpc) is 3.29. The fraction of sp³-hybridized carbons (Fsp3) is 0.0476. The summed E-state index contributed by atoms with van der Waals surface area (Å²) >= 11 is 6.01. The lowest BCUT2D eigenvalue weighted by Gasteiger charge is -1.99. The first-order valence-electron chi connectivity index (χ1n) is 8.47. The monoisotopic (exact) mass is 376 g/mol. The van der Waals surface area contributed by atoms with Crippen molar-refractivity contribution in [3.63, 3.8) is 0 Å². The second-order valence-corrected chi connectivity index (χ2v) is 6.80. The molecule has 6 heteroatoms. The summed E-state index contributed by atoms with van der Waals surface area (Å²) in [7, 11) is 1.39. The van der Waals surface area contributed by atoms with Gasteiger partial charge in [0.05, 0.1) is 12.6 Å². The lowest BCUT2D eigenvalue weighted by molar-refractivity contribution is -0.514. The molecule has 132 valence electrons. The molecule has 3 heterocycles. The number of rotatable bonds is 2. The number of carbonyl (C=O) groups is 1. The van der Waals surface area contributed by atoms with E-state index in [9.17, 15) is 4.79 Å². The number of ether oxygens (including phenoxy) is 1. The summed E-state index contributed by atoms with van der Waals surface area (Å²) in [5.74, 6) is -0.383. The van der Waals surface area contributed by atoms with Crippen molar-refractivity contribution in [1.29, 1.82) is 0 Å². The minimum Gasteiger partial charge on any atom is -0.463 e. The standard InChI is InChI=1S/C21H14ClN3O2/c1-27-21(26)18-10-16-15-4-2-3-5-17(15)23-20(16)19-11-24(12-25(18)19)14-8-6-13(22)7-9-14/h2-12H,1H3/p+1. The van der Waals surface area contributed by atoms with E-state index >= 15 is 0 Å². The maximum atomic E-state index is 12.4. The summed E-state index contributed by atoms with van der Waals surface area (Å²) in [6.45, 7) is 0. The molecule has 5 aromatic rings. The third kappa shape index (κ3) is 2.39. The number of H-pyrrole nitrogens is 1. The summed E-state index contributed by atoms with van der Waals surface area (Å²) in [6.07, 6.45) is 3.86. The number of para-hydroxylation sites is 1. The fourth-order valence-electron chi connectivity index (χ4n) is 3.53. The molecular weight excluding hydrogens is 362 g/mol.